The van der Waals surface area contributed by atoms with Crippen LogP contribution < -0.4 is 10.2 Å². The molecule has 1 aliphatic rings. The molecule has 0 unspecified atom stereocenters. The standard InChI is InChI=1S/C23H25N3O3/c1-23(2,3)29-22(28)25-19(14-24)11-15-5-7-16(8-6-15)17-9-10-18-13-21(27)26(4)20(18)12-17/h5-10,12,19H,11,13H2,1-4H3,(H,25,28)/t19-/m0/s1. The third-order valence-corrected chi connectivity index (χ3v) is 4.74. The summed E-state index contributed by atoms with van der Waals surface area (Å²) in [5.41, 5.74) is 4.37. The molecule has 0 radical (unpaired) electrons. The maximum Gasteiger partial charge on any atom is 0.408 e. The summed E-state index contributed by atoms with van der Waals surface area (Å²) in [5, 5.41) is 11.9. The SMILES string of the molecule is CN1C(=O)Cc2ccc(-c3ccc(C[C@@H](C#N)NC(=O)OC(C)(C)C)cc3)cc21. The van der Waals surface area contributed by atoms with Gasteiger partial charge in [0.15, 0.2) is 0 Å². The minimum Gasteiger partial charge on any atom is -0.444 e. The van der Waals surface area contributed by atoms with Crippen LogP contribution in [-0.2, 0) is 22.4 Å². The first kappa shape index (κ1) is 20.4. The Morgan fingerprint density at radius 1 is 1.21 bits per heavy atom. The number of hydrogen-bond acceptors (Lipinski definition) is 4. The number of hydrogen-bond donors (Lipinski definition) is 1. The van der Waals surface area contributed by atoms with Crippen molar-refractivity contribution in [3.63, 3.8) is 0 Å². The molecule has 0 spiro atoms. The van der Waals surface area contributed by atoms with Gasteiger partial charge in [-0.05, 0) is 49.1 Å². The van der Waals surface area contributed by atoms with Crippen molar-refractivity contribution in [2.45, 2.75) is 45.3 Å². The highest BCUT2D eigenvalue weighted by Gasteiger charge is 2.24. The topological polar surface area (TPSA) is 82.4 Å². The lowest BCUT2D eigenvalue weighted by molar-refractivity contribution is -0.117. The Hall–Kier alpha value is -3.33. The first-order chi connectivity index (χ1) is 13.7. The van der Waals surface area contributed by atoms with E-state index in [1.165, 1.54) is 0 Å². The third-order valence-electron chi connectivity index (χ3n) is 4.74. The highest BCUT2D eigenvalue weighted by molar-refractivity contribution is 6.01. The minimum atomic E-state index is -0.671. The zero-order valence-corrected chi connectivity index (χ0v) is 17.2. The molecule has 0 fully saturated rings. The predicted molar refractivity (Wildman–Crippen MR) is 111 cm³/mol. The van der Waals surface area contributed by atoms with Crippen molar-refractivity contribution in [3.8, 4) is 17.2 Å². The molecule has 0 aromatic heterocycles. The number of anilines is 1. The van der Waals surface area contributed by atoms with Gasteiger partial charge in [-0.2, -0.15) is 5.26 Å². The quantitative estimate of drug-likeness (QED) is 0.859. The zero-order chi connectivity index (χ0) is 21.2. The smallest absolute Gasteiger partial charge is 0.408 e. The average Bonchev–Trinajstić information content (AvgIpc) is 2.94. The first-order valence-corrected chi connectivity index (χ1v) is 9.54. The molecule has 1 heterocycles. The van der Waals surface area contributed by atoms with Gasteiger partial charge in [-0.3, -0.25) is 4.79 Å². The van der Waals surface area contributed by atoms with E-state index in [0.717, 1.165) is 27.9 Å². The Morgan fingerprint density at radius 3 is 2.48 bits per heavy atom. The minimum absolute atomic E-state index is 0.104. The second-order valence-electron chi connectivity index (χ2n) is 8.20. The second kappa shape index (κ2) is 7.96. The van der Waals surface area contributed by atoms with Gasteiger partial charge >= 0.3 is 6.09 Å². The van der Waals surface area contributed by atoms with Crippen molar-refractivity contribution in [3.05, 3.63) is 53.6 Å². The number of nitriles is 1. The molecule has 2 amide bonds. The average molecular weight is 391 g/mol. The van der Waals surface area contributed by atoms with Crippen molar-refractivity contribution >= 4 is 17.7 Å². The molecule has 150 valence electrons. The summed E-state index contributed by atoms with van der Waals surface area (Å²) in [7, 11) is 1.79. The van der Waals surface area contributed by atoms with Crippen LogP contribution in [0, 0.1) is 11.3 Å². The van der Waals surface area contributed by atoms with Gasteiger partial charge in [0.1, 0.15) is 11.6 Å². The summed E-state index contributed by atoms with van der Waals surface area (Å²) in [4.78, 5) is 25.4. The van der Waals surface area contributed by atoms with Crippen molar-refractivity contribution in [1.29, 1.82) is 5.26 Å². The van der Waals surface area contributed by atoms with E-state index in [4.69, 9.17) is 4.74 Å². The molecule has 0 saturated carbocycles. The van der Waals surface area contributed by atoms with Crippen LogP contribution in [0.3, 0.4) is 0 Å². The molecule has 0 bridgehead atoms. The normalized spacial score (nSPS) is 14.2. The van der Waals surface area contributed by atoms with E-state index in [1.807, 2.05) is 42.5 Å². The Morgan fingerprint density at radius 2 is 1.86 bits per heavy atom. The van der Waals surface area contributed by atoms with Gasteiger partial charge in [0.05, 0.1) is 12.5 Å². The van der Waals surface area contributed by atoms with Crippen molar-refractivity contribution < 1.29 is 14.3 Å². The van der Waals surface area contributed by atoms with E-state index in [1.54, 1.807) is 32.7 Å². The van der Waals surface area contributed by atoms with Crippen LogP contribution in [-0.4, -0.2) is 30.7 Å². The second-order valence-corrected chi connectivity index (χ2v) is 8.20. The van der Waals surface area contributed by atoms with Crippen LogP contribution in [0.1, 0.15) is 31.9 Å². The number of nitrogens with zero attached hydrogens (tertiary/aromatic N) is 2. The van der Waals surface area contributed by atoms with E-state index in [9.17, 15) is 14.9 Å². The highest BCUT2D eigenvalue weighted by atomic mass is 16.6. The summed E-state index contributed by atoms with van der Waals surface area (Å²) in [6.07, 6.45) is 0.236. The van der Waals surface area contributed by atoms with E-state index in [2.05, 4.69) is 11.4 Å². The predicted octanol–water partition coefficient (Wildman–Crippen LogP) is 3.83. The van der Waals surface area contributed by atoms with Gasteiger partial charge < -0.3 is 15.0 Å². The first-order valence-electron chi connectivity index (χ1n) is 9.54. The molecule has 2 aromatic rings. The molecule has 0 saturated heterocycles. The fraction of sp³-hybridized carbons (Fsp3) is 0.348. The Kier molecular flexibility index (Phi) is 5.60. The summed E-state index contributed by atoms with van der Waals surface area (Å²) in [5.74, 6) is 0.104. The molecule has 6 nitrogen and oxygen atoms in total. The maximum absolute atomic E-state index is 11.9. The van der Waals surface area contributed by atoms with Crippen LogP contribution in [0.2, 0.25) is 0 Å². The van der Waals surface area contributed by atoms with Gasteiger partial charge in [0.25, 0.3) is 0 Å². The summed E-state index contributed by atoms with van der Waals surface area (Å²) in [6, 6.07) is 15.3. The molecule has 29 heavy (non-hydrogen) atoms. The largest absolute Gasteiger partial charge is 0.444 e. The maximum atomic E-state index is 11.9. The number of alkyl carbamates (subject to hydrolysis) is 1. The molecule has 3 rings (SSSR count). The summed E-state index contributed by atoms with van der Waals surface area (Å²) in [6.45, 7) is 5.33. The molecular weight excluding hydrogens is 366 g/mol. The van der Waals surface area contributed by atoms with Gasteiger partial charge in [-0.25, -0.2) is 4.79 Å². The summed E-state index contributed by atoms with van der Waals surface area (Å²) >= 11 is 0. The Balaban J connectivity index is 1.68. The van der Waals surface area contributed by atoms with Crippen LogP contribution in [0.5, 0.6) is 0 Å². The molecule has 0 aliphatic carbocycles. The highest BCUT2D eigenvalue weighted by Crippen LogP contribution is 2.32. The number of rotatable bonds is 4. The third kappa shape index (κ3) is 4.94. The molecule has 6 heteroatoms. The molecule has 2 aromatic carbocycles. The van der Waals surface area contributed by atoms with Crippen molar-refractivity contribution in [1.82, 2.24) is 5.32 Å². The van der Waals surface area contributed by atoms with Crippen LogP contribution in [0.15, 0.2) is 42.5 Å². The number of benzene rings is 2. The van der Waals surface area contributed by atoms with Gasteiger partial charge in [0, 0.05) is 19.2 Å². The fourth-order valence-electron chi connectivity index (χ4n) is 3.27. The summed E-state index contributed by atoms with van der Waals surface area (Å²) < 4.78 is 5.21. The van der Waals surface area contributed by atoms with E-state index >= 15 is 0 Å². The van der Waals surface area contributed by atoms with E-state index in [0.29, 0.717) is 12.8 Å². The molecule has 1 N–H and O–H groups in total. The molecule has 1 aliphatic heterocycles. The lowest BCUT2D eigenvalue weighted by atomic mass is 9.99. The molecule has 1 atom stereocenters. The van der Waals surface area contributed by atoms with Gasteiger partial charge in [-0.1, -0.05) is 36.4 Å². The number of fused-ring (bicyclic) bond motifs is 1. The number of likely N-dealkylation sites (N-methyl/N-ethyl adjacent to an activating group) is 1. The number of carbonyl (C=O) groups excluding carboxylic acids is 2. The monoisotopic (exact) mass is 391 g/mol. The van der Waals surface area contributed by atoms with Gasteiger partial charge in [-0.15, -0.1) is 0 Å². The lowest BCUT2D eigenvalue weighted by Crippen LogP contribution is -2.39. The number of carbonyl (C=O) groups is 2. The molecular formula is C23H25N3O3. The number of amides is 2. The number of ether oxygens (including phenoxy) is 1. The lowest BCUT2D eigenvalue weighted by Gasteiger charge is -2.21. The van der Waals surface area contributed by atoms with Gasteiger partial charge in [0.2, 0.25) is 5.91 Å². The van der Waals surface area contributed by atoms with Crippen molar-refractivity contribution in [2.24, 2.45) is 0 Å². The van der Waals surface area contributed by atoms with Crippen molar-refractivity contribution in [2.75, 3.05) is 11.9 Å². The Bertz CT molecular complexity index is 968. The van der Waals surface area contributed by atoms with E-state index in [-0.39, 0.29) is 5.91 Å². The van der Waals surface area contributed by atoms with Crippen LogP contribution >= 0.6 is 0 Å². The zero-order valence-electron chi connectivity index (χ0n) is 17.2. The number of nitrogens with one attached hydrogen (secondary N) is 1. The van der Waals surface area contributed by atoms with E-state index < -0.39 is 17.7 Å². The fourth-order valence-corrected chi connectivity index (χ4v) is 3.27. The Labute approximate surface area is 171 Å². The van der Waals surface area contributed by atoms with Crippen LogP contribution in [0.25, 0.3) is 11.1 Å². The van der Waals surface area contributed by atoms with Crippen LogP contribution in [0.4, 0.5) is 10.5 Å².